The lowest BCUT2D eigenvalue weighted by molar-refractivity contribution is -0.0340. The van der Waals surface area contributed by atoms with E-state index in [0.717, 1.165) is 11.8 Å². The van der Waals surface area contributed by atoms with Crippen LogP contribution in [0.5, 0.6) is 0 Å². The number of fused-ring (bicyclic) bond motifs is 1. The summed E-state index contributed by atoms with van der Waals surface area (Å²) in [6.07, 6.45) is 9.93. The lowest BCUT2D eigenvalue weighted by Gasteiger charge is -2.40. The first kappa shape index (κ1) is 12.0. The van der Waals surface area contributed by atoms with Crippen LogP contribution < -0.4 is 0 Å². The van der Waals surface area contributed by atoms with E-state index < -0.39 is 0 Å². The van der Waals surface area contributed by atoms with E-state index in [1.165, 1.54) is 44.9 Å². The molecule has 90 valence electrons. The maximum absolute atomic E-state index is 8.56. The fourth-order valence-corrected chi connectivity index (χ4v) is 3.34. The van der Waals surface area contributed by atoms with Gasteiger partial charge < -0.3 is 9.84 Å². The molecule has 1 N–H and O–H groups in total. The summed E-state index contributed by atoms with van der Waals surface area (Å²) in [6, 6.07) is 0. The average molecular weight is 222 g/mol. The highest BCUT2D eigenvalue weighted by Crippen LogP contribution is 2.41. The highest BCUT2D eigenvalue weighted by molar-refractivity contribution is 4.99. The van der Waals surface area contributed by atoms with Crippen LogP contribution in [0.4, 0.5) is 0 Å². The molecule has 0 heterocycles. The van der Waals surface area contributed by atoms with Crippen LogP contribution in [0.25, 0.3) is 0 Å². The quantitative estimate of drug-likeness (QED) is 0.727. The van der Waals surface area contributed by atoms with Gasteiger partial charge in [-0.15, -0.1) is 0 Å². The maximum Gasteiger partial charge on any atom is 0.108 e. The highest BCUT2D eigenvalue weighted by Gasteiger charge is 2.35. The number of aliphatic hydroxyl groups is 1. The summed E-state index contributed by atoms with van der Waals surface area (Å²) in [5, 5.41) is 8.56. The first-order valence-electron chi connectivity index (χ1n) is 6.60. The lowest BCUT2D eigenvalue weighted by atomic mass is 9.69. The third kappa shape index (κ3) is 2.99. The molecule has 3 atom stereocenters. The van der Waals surface area contributed by atoms with Crippen molar-refractivity contribution in [3.8, 4) is 11.8 Å². The van der Waals surface area contributed by atoms with Crippen LogP contribution in [0.1, 0.15) is 44.9 Å². The fraction of sp³-hybridized carbons (Fsp3) is 0.857. The van der Waals surface area contributed by atoms with Gasteiger partial charge in [-0.1, -0.05) is 37.5 Å². The average Bonchev–Trinajstić information content (AvgIpc) is 2.35. The number of rotatable bonds is 2. The van der Waals surface area contributed by atoms with E-state index in [2.05, 4.69) is 11.8 Å². The Labute approximate surface area is 98.4 Å². The third-order valence-corrected chi connectivity index (χ3v) is 4.08. The Bertz CT molecular complexity index is 262. The van der Waals surface area contributed by atoms with E-state index >= 15 is 0 Å². The summed E-state index contributed by atoms with van der Waals surface area (Å²) >= 11 is 0. The highest BCUT2D eigenvalue weighted by atomic mass is 16.5. The van der Waals surface area contributed by atoms with Crippen LogP contribution >= 0.6 is 0 Å². The molecule has 0 saturated heterocycles. The minimum atomic E-state index is -0.0555. The van der Waals surface area contributed by atoms with Gasteiger partial charge in [0.2, 0.25) is 0 Å². The largest absolute Gasteiger partial charge is 0.384 e. The molecule has 2 nitrogen and oxygen atoms in total. The van der Waals surface area contributed by atoms with E-state index in [1.807, 2.05) is 0 Å². The molecule has 0 amide bonds. The SMILES string of the molecule is OCC#CCOC1CCCC2CCCCC21. The molecule has 2 heteroatoms. The van der Waals surface area contributed by atoms with Crippen LogP contribution in [0, 0.1) is 23.7 Å². The Hall–Kier alpha value is -0.520. The van der Waals surface area contributed by atoms with Crippen molar-refractivity contribution in [1.82, 2.24) is 0 Å². The Balaban J connectivity index is 1.82. The zero-order chi connectivity index (χ0) is 11.2. The molecule has 0 bridgehead atoms. The molecule has 2 saturated carbocycles. The molecule has 0 aromatic heterocycles. The van der Waals surface area contributed by atoms with Crippen molar-refractivity contribution >= 4 is 0 Å². The normalized spacial score (nSPS) is 33.7. The lowest BCUT2D eigenvalue weighted by Crippen LogP contribution is -2.36. The van der Waals surface area contributed by atoms with Crippen molar-refractivity contribution in [3.63, 3.8) is 0 Å². The molecule has 0 aromatic rings. The summed E-state index contributed by atoms with van der Waals surface area (Å²) in [5.41, 5.74) is 0. The van der Waals surface area contributed by atoms with Crippen molar-refractivity contribution in [2.45, 2.75) is 51.0 Å². The van der Waals surface area contributed by atoms with Gasteiger partial charge in [0.15, 0.2) is 0 Å². The summed E-state index contributed by atoms with van der Waals surface area (Å²) in [7, 11) is 0. The minimum Gasteiger partial charge on any atom is -0.384 e. The van der Waals surface area contributed by atoms with Crippen molar-refractivity contribution < 1.29 is 9.84 Å². The predicted molar refractivity (Wildman–Crippen MR) is 63.9 cm³/mol. The Morgan fingerprint density at radius 1 is 1.00 bits per heavy atom. The van der Waals surface area contributed by atoms with Crippen molar-refractivity contribution in [2.24, 2.45) is 11.8 Å². The summed E-state index contributed by atoms with van der Waals surface area (Å²) in [6.45, 7) is 0.439. The molecule has 0 spiro atoms. The summed E-state index contributed by atoms with van der Waals surface area (Å²) < 4.78 is 5.87. The minimum absolute atomic E-state index is 0.0555. The number of hydrogen-bond donors (Lipinski definition) is 1. The Morgan fingerprint density at radius 3 is 2.69 bits per heavy atom. The maximum atomic E-state index is 8.56. The molecule has 16 heavy (non-hydrogen) atoms. The van der Waals surface area contributed by atoms with Gasteiger partial charge in [0.25, 0.3) is 0 Å². The van der Waals surface area contributed by atoms with Gasteiger partial charge in [-0.05, 0) is 31.1 Å². The van der Waals surface area contributed by atoms with Crippen LogP contribution in [0.3, 0.4) is 0 Å². The van der Waals surface area contributed by atoms with E-state index in [9.17, 15) is 0 Å². The monoisotopic (exact) mass is 222 g/mol. The second kappa shape index (κ2) is 6.27. The second-order valence-electron chi connectivity index (χ2n) is 5.00. The molecular formula is C14H22O2. The first-order valence-corrected chi connectivity index (χ1v) is 6.60. The van der Waals surface area contributed by atoms with Crippen molar-refractivity contribution in [1.29, 1.82) is 0 Å². The van der Waals surface area contributed by atoms with E-state index in [1.54, 1.807) is 0 Å². The van der Waals surface area contributed by atoms with E-state index in [-0.39, 0.29) is 6.61 Å². The molecule has 2 fully saturated rings. The molecule has 0 radical (unpaired) electrons. The summed E-state index contributed by atoms with van der Waals surface area (Å²) in [4.78, 5) is 0. The molecule has 0 aliphatic heterocycles. The molecule has 3 unspecified atom stereocenters. The standard InChI is InChI=1S/C14H22O2/c15-10-3-4-11-16-14-9-5-7-12-6-1-2-8-13(12)14/h12-15H,1-2,5-11H2. The van der Waals surface area contributed by atoms with Crippen LogP contribution in [-0.4, -0.2) is 24.4 Å². The molecular weight excluding hydrogens is 200 g/mol. The van der Waals surface area contributed by atoms with Gasteiger partial charge in [-0.3, -0.25) is 0 Å². The molecule has 2 aliphatic rings. The van der Waals surface area contributed by atoms with E-state index in [4.69, 9.17) is 9.84 Å². The second-order valence-corrected chi connectivity index (χ2v) is 5.00. The zero-order valence-corrected chi connectivity index (χ0v) is 9.95. The van der Waals surface area contributed by atoms with Crippen molar-refractivity contribution in [3.05, 3.63) is 0 Å². The number of hydrogen-bond acceptors (Lipinski definition) is 2. The predicted octanol–water partition coefficient (Wildman–Crippen LogP) is 2.36. The van der Waals surface area contributed by atoms with Gasteiger partial charge in [-0.2, -0.15) is 0 Å². The van der Waals surface area contributed by atoms with Gasteiger partial charge in [0.1, 0.15) is 13.2 Å². The smallest absolute Gasteiger partial charge is 0.108 e. The van der Waals surface area contributed by atoms with Gasteiger partial charge in [0, 0.05) is 0 Å². The zero-order valence-electron chi connectivity index (χ0n) is 9.95. The third-order valence-electron chi connectivity index (χ3n) is 4.08. The topological polar surface area (TPSA) is 29.5 Å². The number of ether oxygens (including phenoxy) is 1. The van der Waals surface area contributed by atoms with Crippen molar-refractivity contribution in [2.75, 3.05) is 13.2 Å². The van der Waals surface area contributed by atoms with Gasteiger partial charge >= 0.3 is 0 Å². The van der Waals surface area contributed by atoms with Crippen LogP contribution in [-0.2, 0) is 4.74 Å². The van der Waals surface area contributed by atoms with Crippen LogP contribution in [0.15, 0.2) is 0 Å². The van der Waals surface area contributed by atoms with Crippen LogP contribution in [0.2, 0.25) is 0 Å². The Morgan fingerprint density at radius 2 is 1.81 bits per heavy atom. The fourth-order valence-electron chi connectivity index (χ4n) is 3.34. The summed E-state index contributed by atoms with van der Waals surface area (Å²) in [5.74, 6) is 7.20. The van der Waals surface area contributed by atoms with E-state index in [0.29, 0.717) is 12.7 Å². The van der Waals surface area contributed by atoms with Gasteiger partial charge in [-0.25, -0.2) is 0 Å². The molecule has 0 aromatic carbocycles. The molecule has 2 rings (SSSR count). The molecule has 2 aliphatic carbocycles. The Kier molecular flexibility index (Phi) is 4.69. The van der Waals surface area contributed by atoms with Gasteiger partial charge in [0.05, 0.1) is 6.10 Å². The number of aliphatic hydroxyl groups excluding tert-OH is 1. The first-order chi connectivity index (χ1) is 7.92.